The van der Waals surface area contributed by atoms with Gasteiger partial charge in [-0.1, -0.05) is 35.5 Å². The molecule has 30 heavy (non-hydrogen) atoms. The zero-order valence-electron chi connectivity index (χ0n) is 15.2. The Bertz CT molecular complexity index is 1030. The second-order valence-corrected chi connectivity index (χ2v) is 7.50. The van der Waals surface area contributed by atoms with Gasteiger partial charge >= 0.3 is 6.18 Å². The Labute approximate surface area is 178 Å². The van der Waals surface area contributed by atoms with E-state index >= 15 is 0 Å². The van der Waals surface area contributed by atoms with Crippen LogP contribution in [-0.4, -0.2) is 21.6 Å². The van der Waals surface area contributed by atoms with Crippen molar-refractivity contribution in [3.8, 4) is 11.3 Å². The maximum atomic E-state index is 13.2. The molecule has 3 rings (SSSR count). The fraction of sp³-hybridized carbons (Fsp3) is 0.150. The van der Waals surface area contributed by atoms with E-state index in [2.05, 4.69) is 15.3 Å². The number of thioether (sulfide) groups is 1. The van der Waals surface area contributed by atoms with Crippen LogP contribution in [0.1, 0.15) is 11.3 Å². The van der Waals surface area contributed by atoms with E-state index in [4.69, 9.17) is 11.6 Å². The van der Waals surface area contributed by atoms with Gasteiger partial charge in [0.25, 0.3) is 0 Å². The summed E-state index contributed by atoms with van der Waals surface area (Å²) >= 11 is 6.58. The number of rotatable bonds is 6. The summed E-state index contributed by atoms with van der Waals surface area (Å²) in [7, 11) is 0. The van der Waals surface area contributed by atoms with Gasteiger partial charge in [-0.3, -0.25) is 4.79 Å². The van der Waals surface area contributed by atoms with Gasteiger partial charge in [-0.05, 0) is 48.0 Å². The lowest BCUT2D eigenvalue weighted by molar-refractivity contribution is -0.141. The molecule has 0 aliphatic heterocycles. The van der Waals surface area contributed by atoms with E-state index in [0.717, 1.165) is 35.5 Å². The Morgan fingerprint density at radius 1 is 1.03 bits per heavy atom. The van der Waals surface area contributed by atoms with E-state index in [1.807, 2.05) is 0 Å². The molecule has 0 radical (unpaired) electrons. The largest absolute Gasteiger partial charge is 0.433 e. The molecule has 0 spiro atoms. The summed E-state index contributed by atoms with van der Waals surface area (Å²) in [6.07, 6.45) is -4.69. The Hall–Kier alpha value is -2.65. The predicted molar refractivity (Wildman–Crippen MR) is 106 cm³/mol. The molecule has 0 saturated heterocycles. The molecular weight excluding hydrogens is 442 g/mol. The first-order valence-electron chi connectivity index (χ1n) is 8.57. The van der Waals surface area contributed by atoms with Crippen LogP contribution in [-0.2, 0) is 17.5 Å². The number of nitrogens with zero attached hydrogens (tertiary/aromatic N) is 2. The van der Waals surface area contributed by atoms with Crippen molar-refractivity contribution >= 4 is 29.3 Å². The minimum atomic E-state index is -4.69. The molecule has 1 amide bonds. The average Bonchev–Trinajstić information content (AvgIpc) is 2.71. The van der Waals surface area contributed by atoms with Crippen LogP contribution in [0.15, 0.2) is 59.8 Å². The van der Waals surface area contributed by atoms with Crippen LogP contribution in [0.2, 0.25) is 5.02 Å². The van der Waals surface area contributed by atoms with Crippen LogP contribution in [0.4, 0.5) is 17.6 Å². The summed E-state index contributed by atoms with van der Waals surface area (Å²) in [5.74, 6) is -1.08. The number of carbonyl (C=O) groups excluding carboxylic acids is 1. The molecular formula is C20H14ClF4N3OS. The molecule has 0 unspecified atom stereocenters. The second kappa shape index (κ2) is 9.44. The molecule has 1 aromatic heterocycles. The van der Waals surface area contributed by atoms with E-state index in [1.54, 1.807) is 24.3 Å². The molecule has 156 valence electrons. The average molecular weight is 456 g/mol. The Balaban J connectivity index is 1.71. The summed E-state index contributed by atoms with van der Waals surface area (Å²) < 4.78 is 52.8. The number of carbonyl (C=O) groups is 1. The number of nitrogens with one attached hydrogen (secondary N) is 1. The van der Waals surface area contributed by atoms with E-state index in [0.29, 0.717) is 10.6 Å². The van der Waals surface area contributed by atoms with Crippen molar-refractivity contribution in [3.05, 3.63) is 76.7 Å². The molecule has 4 nitrogen and oxygen atoms in total. The highest BCUT2D eigenvalue weighted by molar-refractivity contribution is 7.99. The second-order valence-electron chi connectivity index (χ2n) is 6.12. The van der Waals surface area contributed by atoms with Crippen molar-refractivity contribution in [1.82, 2.24) is 15.3 Å². The molecule has 2 aromatic carbocycles. The molecule has 0 aliphatic carbocycles. The summed E-state index contributed by atoms with van der Waals surface area (Å²) in [4.78, 5) is 19.6. The number of aromatic nitrogens is 2. The maximum Gasteiger partial charge on any atom is 0.433 e. The van der Waals surface area contributed by atoms with Crippen LogP contribution in [0.3, 0.4) is 0 Å². The van der Waals surface area contributed by atoms with E-state index < -0.39 is 17.7 Å². The minimum Gasteiger partial charge on any atom is -0.351 e. The quantitative estimate of drug-likeness (QED) is 0.309. The van der Waals surface area contributed by atoms with Gasteiger partial charge < -0.3 is 5.32 Å². The molecule has 0 saturated carbocycles. The maximum absolute atomic E-state index is 13.2. The molecule has 10 heteroatoms. The highest BCUT2D eigenvalue weighted by Gasteiger charge is 2.34. The molecule has 0 bridgehead atoms. The Morgan fingerprint density at radius 2 is 1.70 bits per heavy atom. The number of benzene rings is 2. The van der Waals surface area contributed by atoms with Gasteiger partial charge in [-0.15, -0.1) is 0 Å². The fourth-order valence-corrected chi connectivity index (χ4v) is 3.20. The third-order valence-electron chi connectivity index (χ3n) is 3.87. The first-order chi connectivity index (χ1) is 14.2. The summed E-state index contributed by atoms with van der Waals surface area (Å²) in [5.41, 5.74) is -0.0210. The number of hydrogen-bond donors (Lipinski definition) is 1. The lowest BCUT2D eigenvalue weighted by atomic mass is 10.1. The van der Waals surface area contributed by atoms with E-state index in [1.165, 1.54) is 12.1 Å². The minimum absolute atomic E-state index is 0.0126. The number of hydrogen-bond acceptors (Lipinski definition) is 4. The summed E-state index contributed by atoms with van der Waals surface area (Å²) in [6, 6.07) is 12.6. The fourth-order valence-electron chi connectivity index (χ4n) is 2.39. The van der Waals surface area contributed by atoms with Crippen LogP contribution >= 0.6 is 23.4 Å². The third-order valence-corrected chi connectivity index (χ3v) is 4.97. The first kappa shape index (κ1) is 22.0. The number of alkyl halides is 3. The standard InChI is InChI=1S/C20H14ClF4N3OS/c21-14-5-1-12(2-6-14)10-26-18(29)11-30-19-27-16(9-17(28-19)20(23,24)25)13-3-7-15(22)8-4-13/h1-9H,10-11H2,(H,26,29). The highest BCUT2D eigenvalue weighted by Crippen LogP contribution is 2.32. The van der Waals surface area contributed by atoms with Crippen LogP contribution in [0, 0.1) is 5.82 Å². The van der Waals surface area contributed by atoms with E-state index in [-0.39, 0.29) is 29.1 Å². The van der Waals surface area contributed by atoms with Crippen LogP contribution < -0.4 is 5.32 Å². The summed E-state index contributed by atoms with van der Waals surface area (Å²) in [6.45, 7) is 0.251. The topological polar surface area (TPSA) is 54.9 Å². The van der Waals surface area contributed by atoms with Gasteiger partial charge in [-0.25, -0.2) is 14.4 Å². The first-order valence-corrected chi connectivity index (χ1v) is 9.93. The van der Waals surface area contributed by atoms with Crippen LogP contribution in [0.25, 0.3) is 11.3 Å². The molecule has 3 aromatic rings. The normalized spacial score (nSPS) is 11.4. The molecule has 1 N–H and O–H groups in total. The van der Waals surface area contributed by atoms with Crippen LogP contribution in [0.5, 0.6) is 0 Å². The zero-order valence-corrected chi connectivity index (χ0v) is 16.8. The van der Waals surface area contributed by atoms with Gasteiger partial charge in [0.2, 0.25) is 5.91 Å². The van der Waals surface area contributed by atoms with Crippen molar-refractivity contribution in [3.63, 3.8) is 0 Å². The van der Waals surface area contributed by atoms with Crippen molar-refractivity contribution in [2.24, 2.45) is 0 Å². The molecule has 0 aliphatic rings. The molecule has 0 fully saturated rings. The zero-order chi connectivity index (χ0) is 21.7. The third kappa shape index (κ3) is 6.17. The van der Waals surface area contributed by atoms with Gasteiger partial charge in [0.05, 0.1) is 11.4 Å². The lowest BCUT2D eigenvalue weighted by Gasteiger charge is -2.11. The SMILES string of the molecule is O=C(CSc1nc(-c2ccc(F)cc2)cc(C(F)(F)F)n1)NCc1ccc(Cl)cc1. The van der Waals surface area contributed by atoms with E-state index in [9.17, 15) is 22.4 Å². The number of amides is 1. The molecule has 1 heterocycles. The van der Waals surface area contributed by atoms with Gasteiger partial charge in [0.15, 0.2) is 5.16 Å². The Kier molecular flexibility index (Phi) is 6.94. The Morgan fingerprint density at radius 3 is 2.33 bits per heavy atom. The smallest absolute Gasteiger partial charge is 0.351 e. The summed E-state index contributed by atoms with van der Waals surface area (Å²) in [5, 5.41) is 3.03. The van der Waals surface area contributed by atoms with Gasteiger partial charge in [0.1, 0.15) is 11.5 Å². The van der Waals surface area contributed by atoms with Crippen molar-refractivity contribution in [1.29, 1.82) is 0 Å². The monoisotopic (exact) mass is 455 g/mol. The van der Waals surface area contributed by atoms with Crippen molar-refractivity contribution in [2.75, 3.05) is 5.75 Å². The molecule has 0 atom stereocenters. The van der Waals surface area contributed by atoms with Gasteiger partial charge in [-0.2, -0.15) is 13.2 Å². The lowest BCUT2D eigenvalue weighted by Crippen LogP contribution is -2.24. The van der Waals surface area contributed by atoms with Crippen molar-refractivity contribution < 1.29 is 22.4 Å². The van der Waals surface area contributed by atoms with Gasteiger partial charge in [0, 0.05) is 17.1 Å². The number of halogens is 5. The highest BCUT2D eigenvalue weighted by atomic mass is 35.5. The van der Waals surface area contributed by atoms with Crippen molar-refractivity contribution in [2.45, 2.75) is 17.9 Å². The predicted octanol–water partition coefficient (Wildman–Crippen LogP) is 5.36.